The number of carbonyl (C=O) groups is 4. The topological polar surface area (TPSA) is 130 Å². The third-order valence-electron chi connectivity index (χ3n) is 4.64. The highest BCUT2D eigenvalue weighted by Crippen LogP contribution is 2.29. The molecule has 2 N–H and O–H groups in total. The van der Waals surface area contributed by atoms with E-state index in [1.807, 2.05) is 24.3 Å². The summed E-state index contributed by atoms with van der Waals surface area (Å²) >= 11 is 0. The van der Waals surface area contributed by atoms with E-state index in [2.05, 4.69) is 5.32 Å². The molecular formula is C17H18N3O6-. The van der Waals surface area contributed by atoms with Gasteiger partial charge in [-0.25, -0.2) is 4.79 Å². The van der Waals surface area contributed by atoms with Gasteiger partial charge in [-0.05, 0) is 11.1 Å². The molecule has 0 aliphatic carbocycles. The molecule has 2 heterocycles. The van der Waals surface area contributed by atoms with Crippen LogP contribution in [0, 0.1) is 0 Å². The Kier molecular flexibility index (Phi) is 4.90. The number of urea groups is 1. The molecule has 0 radical (unpaired) electrons. The molecule has 2 aliphatic heterocycles. The molecule has 0 spiro atoms. The van der Waals surface area contributed by atoms with Crippen molar-refractivity contribution in [3.8, 4) is 0 Å². The lowest BCUT2D eigenvalue weighted by Gasteiger charge is -2.28. The largest absolute Gasteiger partial charge is 0.548 e. The first kappa shape index (κ1) is 17.9. The second-order valence-corrected chi connectivity index (χ2v) is 6.26. The van der Waals surface area contributed by atoms with E-state index < -0.39 is 36.6 Å². The maximum absolute atomic E-state index is 12.5. The van der Waals surface area contributed by atoms with Crippen LogP contribution in [0.2, 0.25) is 0 Å². The minimum Gasteiger partial charge on any atom is -0.548 e. The van der Waals surface area contributed by atoms with Crippen LogP contribution in [-0.2, 0) is 27.3 Å². The zero-order valence-corrected chi connectivity index (χ0v) is 13.9. The average molecular weight is 360 g/mol. The maximum Gasteiger partial charge on any atom is 0.327 e. The molecule has 138 valence electrons. The Balaban J connectivity index is 1.62. The summed E-state index contributed by atoms with van der Waals surface area (Å²) in [5, 5.41) is 21.7. The van der Waals surface area contributed by atoms with Crippen LogP contribution in [0.15, 0.2) is 24.3 Å². The van der Waals surface area contributed by atoms with Crippen LogP contribution >= 0.6 is 0 Å². The predicted molar refractivity (Wildman–Crippen MR) is 85.2 cm³/mol. The van der Waals surface area contributed by atoms with Crippen LogP contribution in [0.25, 0.3) is 0 Å². The average Bonchev–Trinajstić information content (AvgIpc) is 2.86. The standard InChI is InChI=1S/C17H19N3O6/c21-9-12(16(24)25)18-14(22)5-6-19-15(23)13-7-10-3-1-2-4-11(10)8-20(13)17(19)26/h1-4,12-13,21H,5-9H2,(H,18,22)(H,24,25)/p-1/t12-,13-/m0/s1. The van der Waals surface area contributed by atoms with E-state index in [4.69, 9.17) is 5.11 Å². The van der Waals surface area contributed by atoms with E-state index in [-0.39, 0.29) is 18.9 Å². The van der Waals surface area contributed by atoms with E-state index in [1.165, 1.54) is 4.90 Å². The molecule has 9 nitrogen and oxygen atoms in total. The lowest BCUT2D eigenvalue weighted by atomic mass is 9.95. The van der Waals surface area contributed by atoms with Gasteiger partial charge in [0.2, 0.25) is 5.91 Å². The minimum absolute atomic E-state index is 0.155. The number of carboxylic acids is 1. The Morgan fingerprint density at radius 2 is 1.96 bits per heavy atom. The molecule has 4 amide bonds. The fourth-order valence-corrected chi connectivity index (χ4v) is 3.24. The van der Waals surface area contributed by atoms with E-state index in [9.17, 15) is 24.3 Å². The van der Waals surface area contributed by atoms with Crippen molar-refractivity contribution >= 4 is 23.8 Å². The molecule has 0 aromatic heterocycles. The van der Waals surface area contributed by atoms with Crippen LogP contribution in [-0.4, -0.2) is 64.0 Å². The van der Waals surface area contributed by atoms with Crippen molar-refractivity contribution in [1.29, 1.82) is 0 Å². The number of aliphatic carboxylic acids is 1. The predicted octanol–water partition coefficient (Wildman–Crippen LogP) is -2.01. The van der Waals surface area contributed by atoms with Crippen molar-refractivity contribution in [2.45, 2.75) is 31.5 Å². The normalized spacial score (nSPS) is 19.8. The SMILES string of the molecule is O=C(CCN1C(=O)[C@@H]2Cc3ccccc3CN2C1=O)N[C@@H](CO)C(=O)[O-]. The number of hydrogen-bond acceptors (Lipinski definition) is 6. The molecule has 0 saturated carbocycles. The van der Waals surface area contributed by atoms with Crippen LogP contribution in [0.5, 0.6) is 0 Å². The minimum atomic E-state index is -1.61. The van der Waals surface area contributed by atoms with Gasteiger partial charge in [0.1, 0.15) is 6.04 Å². The van der Waals surface area contributed by atoms with E-state index in [0.717, 1.165) is 16.0 Å². The van der Waals surface area contributed by atoms with Gasteiger partial charge in [0.05, 0.1) is 18.6 Å². The number of amides is 4. The Bertz CT molecular complexity index is 722. The van der Waals surface area contributed by atoms with Crippen molar-refractivity contribution < 1.29 is 29.4 Å². The van der Waals surface area contributed by atoms with Crippen LogP contribution in [0.4, 0.5) is 4.79 Å². The van der Waals surface area contributed by atoms with Gasteiger partial charge >= 0.3 is 6.03 Å². The molecule has 2 atom stereocenters. The Labute approximate surface area is 149 Å². The monoisotopic (exact) mass is 360 g/mol. The number of fused-ring (bicyclic) bond motifs is 2. The highest BCUT2D eigenvalue weighted by atomic mass is 16.4. The van der Waals surface area contributed by atoms with E-state index in [1.54, 1.807) is 0 Å². The first-order valence-electron chi connectivity index (χ1n) is 8.22. The van der Waals surface area contributed by atoms with Crippen molar-refractivity contribution in [1.82, 2.24) is 15.1 Å². The van der Waals surface area contributed by atoms with Crippen molar-refractivity contribution in [3.63, 3.8) is 0 Å². The molecule has 1 fully saturated rings. The quantitative estimate of drug-likeness (QED) is 0.564. The van der Waals surface area contributed by atoms with Gasteiger partial charge in [-0.2, -0.15) is 0 Å². The molecule has 3 rings (SSSR count). The summed E-state index contributed by atoms with van der Waals surface area (Å²) in [6.45, 7) is -0.618. The number of aliphatic hydroxyl groups is 1. The summed E-state index contributed by atoms with van der Waals surface area (Å²) in [7, 11) is 0. The Morgan fingerprint density at radius 3 is 2.62 bits per heavy atom. The zero-order valence-electron chi connectivity index (χ0n) is 13.9. The summed E-state index contributed by atoms with van der Waals surface area (Å²) in [5.41, 5.74) is 2.01. The lowest BCUT2D eigenvalue weighted by molar-refractivity contribution is -0.309. The van der Waals surface area contributed by atoms with Crippen molar-refractivity contribution in [2.24, 2.45) is 0 Å². The number of carbonyl (C=O) groups excluding carboxylic acids is 4. The van der Waals surface area contributed by atoms with Gasteiger partial charge in [-0.15, -0.1) is 0 Å². The number of nitrogens with one attached hydrogen (secondary N) is 1. The lowest BCUT2D eigenvalue weighted by Crippen LogP contribution is -2.50. The number of rotatable bonds is 6. The zero-order chi connectivity index (χ0) is 18.8. The molecule has 0 bridgehead atoms. The third-order valence-corrected chi connectivity index (χ3v) is 4.64. The molecule has 0 unspecified atom stereocenters. The van der Waals surface area contributed by atoms with Gasteiger partial charge in [0.25, 0.3) is 5.91 Å². The molecular weight excluding hydrogens is 342 g/mol. The van der Waals surface area contributed by atoms with E-state index in [0.29, 0.717) is 13.0 Å². The number of nitrogens with zero attached hydrogens (tertiary/aromatic N) is 2. The van der Waals surface area contributed by atoms with Gasteiger partial charge in [-0.3, -0.25) is 14.5 Å². The van der Waals surface area contributed by atoms with Crippen LogP contribution in [0.1, 0.15) is 17.5 Å². The molecule has 26 heavy (non-hydrogen) atoms. The fraction of sp³-hybridized carbons (Fsp3) is 0.412. The summed E-state index contributed by atoms with van der Waals surface area (Å²) < 4.78 is 0. The third kappa shape index (κ3) is 3.25. The molecule has 1 aromatic rings. The number of benzene rings is 1. The van der Waals surface area contributed by atoms with Crippen molar-refractivity contribution in [2.75, 3.05) is 13.2 Å². The van der Waals surface area contributed by atoms with Gasteiger partial charge in [0, 0.05) is 25.9 Å². The van der Waals surface area contributed by atoms with Crippen LogP contribution < -0.4 is 10.4 Å². The molecule has 1 saturated heterocycles. The van der Waals surface area contributed by atoms with Gasteiger partial charge in [-0.1, -0.05) is 24.3 Å². The van der Waals surface area contributed by atoms with Gasteiger partial charge < -0.3 is 25.2 Å². The Morgan fingerprint density at radius 1 is 1.27 bits per heavy atom. The molecule has 1 aromatic carbocycles. The number of aliphatic hydroxyl groups excluding tert-OH is 1. The summed E-state index contributed by atoms with van der Waals surface area (Å²) in [6, 6.07) is 5.04. The summed E-state index contributed by atoms with van der Waals surface area (Å²) in [6.07, 6.45) is 0.176. The Hall–Kier alpha value is -2.94. The number of imide groups is 1. The van der Waals surface area contributed by atoms with E-state index >= 15 is 0 Å². The molecule has 9 heteroatoms. The maximum atomic E-state index is 12.5. The fourth-order valence-electron chi connectivity index (χ4n) is 3.24. The van der Waals surface area contributed by atoms with Gasteiger partial charge in [0.15, 0.2) is 0 Å². The number of hydrogen-bond donors (Lipinski definition) is 2. The highest BCUT2D eigenvalue weighted by Gasteiger charge is 2.46. The first-order chi connectivity index (χ1) is 12.4. The second-order valence-electron chi connectivity index (χ2n) is 6.26. The smallest absolute Gasteiger partial charge is 0.327 e. The van der Waals surface area contributed by atoms with Crippen molar-refractivity contribution in [3.05, 3.63) is 35.4 Å². The van der Waals surface area contributed by atoms with Crippen LogP contribution in [0.3, 0.4) is 0 Å². The summed E-state index contributed by atoms with van der Waals surface area (Å²) in [4.78, 5) is 50.1. The second kappa shape index (κ2) is 7.12. The number of carboxylic acid groups (broad SMARTS) is 1. The molecule has 2 aliphatic rings. The highest BCUT2D eigenvalue weighted by molar-refractivity contribution is 6.04. The summed E-state index contributed by atoms with van der Waals surface area (Å²) in [5.74, 6) is -2.66. The first-order valence-corrected chi connectivity index (χ1v) is 8.22.